The van der Waals surface area contributed by atoms with Gasteiger partial charge in [-0.3, -0.25) is 0 Å². The Balaban J connectivity index is 2.94. The minimum Gasteiger partial charge on any atom is -0.496 e. The summed E-state index contributed by atoms with van der Waals surface area (Å²) in [4.78, 5) is 2.17. The van der Waals surface area contributed by atoms with E-state index in [1.165, 1.54) is 11.1 Å². The lowest BCUT2D eigenvalue weighted by atomic mass is 9.88. The molecule has 0 saturated carbocycles. The number of benzene rings is 1. The second kappa shape index (κ2) is 5.72. The summed E-state index contributed by atoms with van der Waals surface area (Å²) in [7, 11) is 5.83. The summed E-state index contributed by atoms with van der Waals surface area (Å²) in [6.45, 7) is 6.42. The molecule has 102 valence electrons. The Bertz CT molecular complexity index is 399. The number of rotatable bonds is 5. The van der Waals surface area contributed by atoms with Crippen molar-refractivity contribution >= 4 is 0 Å². The monoisotopic (exact) mass is 250 g/mol. The van der Waals surface area contributed by atoms with E-state index in [-0.39, 0.29) is 11.6 Å². The van der Waals surface area contributed by atoms with Crippen LogP contribution in [-0.2, 0) is 6.42 Å². The fourth-order valence-electron chi connectivity index (χ4n) is 1.89. The quantitative estimate of drug-likeness (QED) is 0.871. The van der Waals surface area contributed by atoms with Crippen LogP contribution in [0.1, 0.15) is 25.0 Å². The Hall–Kier alpha value is -1.06. The second-order valence-corrected chi connectivity index (χ2v) is 5.67. The van der Waals surface area contributed by atoms with E-state index in [2.05, 4.69) is 51.9 Å². The van der Waals surface area contributed by atoms with E-state index in [1.54, 1.807) is 7.11 Å². The minimum absolute atomic E-state index is 0.0469. The zero-order valence-corrected chi connectivity index (χ0v) is 12.4. The summed E-state index contributed by atoms with van der Waals surface area (Å²) in [6.07, 6.45) is 0.816. The summed E-state index contributed by atoms with van der Waals surface area (Å²) in [5.41, 5.74) is 8.73. The van der Waals surface area contributed by atoms with Gasteiger partial charge < -0.3 is 15.4 Å². The Labute approximate surface area is 111 Å². The zero-order chi connectivity index (χ0) is 13.9. The number of methoxy groups -OCH3 is 1. The van der Waals surface area contributed by atoms with Crippen LogP contribution in [0.5, 0.6) is 5.75 Å². The molecule has 1 rings (SSSR count). The normalized spacial score (nSPS) is 13.8. The molecule has 0 spiro atoms. The van der Waals surface area contributed by atoms with E-state index < -0.39 is 0 Å². The molecule has 3 heteroatoms. The van der Waals surface area contributed by atoms with E-state index in [0.717, 1.165) is 12.2 Å². The Kier molecular flexibility index (Phi) is 4.77. The summed E-state index contributed by atoms with van der Waals surface area (Å²) in [6, 6.07) is 6.29. The number of hydrogen-bond acceptors (Lipinski definition) is 3. The van der Waals surface area contributed by atoms with Crippen LogP contribution < -0.4 is 10.5 Å². The number of hydrogen-bond donors (Lipinski definition) is 1. The first kappa shape index (κ1) is 15.0. The molecule has 0 aliphatic heterocycles. The predicted octanol–water partition coefficient (Wildman–Crippen LogP) is 2.21. The van der Waals surface area contributed by atoms with Crippen LogP contribution >= 0.6 is 0 Å². The standard InChI is InChI=1S/C15H26N2O/c1-11-7-8-13(18-6)12(9-11)10-14(16)15(2,3)17(4)5/h7-9,14H,10,16H2,1-6H3. The van der Waals surface area contributed by atoms with E-state index in [4.69, 9.17) is 10.5 Å². The maximum absolute atomic E-state index is 6.36. The molecule has 3 nitrogen and oxygen atoms in total. The van der Waals surface area contributed by atoms with Crippen LogP contribution in [0.4, 0.5) is 0 Å². The lowest BCUT2D eigenvalue weighted by molar-refractivity contribution is 0.157. The van der Waals surface area contributed by atoms with Crippen LogP contribution in [0.3, 0.4) is 0 Å². The molecule has 0 bridgehead atoms. The third-order valence-corrected chi connectivity index (χ3v) is 3.94. The minimum atomic E-state index is -0.0469. The molecule has 0 heterocycles. The van der Waals surface area contributed by atoms with Crippen LogP contribution in [0.15, 0.2) is 18.2 Å². The van der Waals surface area contributed by atoms with E-state index in [1.807, 2.05) is 6.07 Å². The Morgan fingerprint density at radius 1 is 1.33 bits per heavy atom. The van der Waals surface area contributed by atoms with Gasteiger partial charge in [0.2, 0.25) is 0 Å². The number of nitrogens with two attached hydrogens (primary N) is 1. The van der Waals surface area contributed by atoms with Crippen molar-refractivity contribution < 1.29 is 4.74 Å². The summed E-state index contributed by atoms with van der Waals surface area (Å²) < 4.78 is 5.41. The first-order chi connectivity index (χ1) is 8.28. The molecule has 0 aliphatic carbocycles. The topological polar surface area (TPSA) is 38.5 Å². The molecule has 0 saturated heterocycles. The van der Waals surface area contributed by atoms with E-state index >= 15 is 0 Å². The molecular formula is C15H26N2O. The number of ether oxygens (including phenoxy) is 1. The fourth-order valence-corrected chi connectivity index (χ4v) is 1.89. The number of aryl methyl sites for hydroxylation is 1. The summed E-state index contributed by atoms with van der Waals surface area (Å²) in [5, 5.41) is 0. The molecule has 0 aromatic heterocycles. The molecule has 0 amide bonds. The largest absolute Gasteiger partial charge is 0.496 e. The van der Waals surface area contributed by atoms with Crippen molar-refractivity contribution in [3.8, 4) is 5.75 Å². The van der Waals surface area contributed by atoms with Crippen LogP contribution in [-0.4, -0.2) is 37.7 Å². The van der Waals surface area contributed by atoms with Crippen molar-refractivity contribution in [2.75, 3.05) is 21.2 Å². The Morgan fingerprint density at radius 3 is 2.44 bits per heavy atom. The first-order valence-corrected chi connectivity index (χ1v) is 6.35. The third kappa shape index (κ3) is 3.24. The fraction of sp³-hybridized carbons (Fsp3) is 0.600. The van der Waals surface area contributed by atoms with Gasteiger partial charge in [-0.25, -0.2) is 0 Å². The van der Waals surface area contributed by atoms with Gasteiger partial charge >= 0.3 is 0 Å². The van der Waals surface area contributed by atoms with Gasteiger partial charge in [0.25, 0.3) is 0 Å². The first-order valence-electron chi connectivity index (χ1n) is 6.35. The van der Waals surface area contributed by atoms with Crippen molar-refractivity contribution in [1.29, 1.82) is 0 Å². The van der Waals surface area contributed by atoms with Crippen LogP contribution in [0, 0.1) is 6.92 Å². The molecule has 0 aliphatic rings. The molecule has 18 heavy (non-hydrogen) atoms. The van der Waals surface area contributed by atoms with Crippen molar-refractivity contribution in [2.24, 2.45) is 5.73 Å². The molecule has 1 unspecified atom stereocenters. The molecule has 1 aromatic carbocycles. The average Bonchev–Trinajstić information content (AvgIpc) is 2.29. The molecule has 0 fully saturated rings. The maximum atomic E-state index is 6.36. The zero-order valence-electron chi connectivity index (χ0n) is 12.4. The molecular weight excluding hydrogens is 224 g/mol. The summed E-state index contributed by atoms with van der Waals surface area (Å²) in [5.74, 6) is 0.922. The van der Waals surface area contributed by atoms with Crippen molar-refractivity contribution in [3.05, 3.63) is 29.3 Å². The van der Waals surface area contributed by atoms with Gasteiger partial charge in [0.1, 0.15) is 5.75 Å². The average molecular weight is 250 g/mol. The van der Waals surface area contributed by atoms with Crippen molar-refractivity contribution in [1.82, 2.24) is 4.90 Å². The summed E-state index contributed by atoms with van der Waals surface area (Å²) >= 11 is 0. The van der Waals surface area contributed by atoms with Gasteiger partial charge in [0, 0.05) is 11.6 Å². The van der Waals surface area contributed by atoms with Crippen molar-refractivity contribution in [3.63, 3.8) is 0 Å². The molecule has 1 atom stereocenters. The Morgan fingerprint density at radius 2 is 1.94 bits per heavy atom. The van der Waals surface area contributed by atoms with Gasteiger partial charge in [-0.1, -0.05) is 17.7 Å². The van der Waals surface area contributed by atoms with E-state index in [9.17, 15) is 0 Å². The third-order valence-electron chi connectivity index (χ3n) is 3.94. The highest BCUT2D eigenvalue weighted by atomic mass is 16.5. The van der Waals surface area contributed by atoms with Crippen LogP contribution in [0.2, 0.25) is 0 Å². The highest BCUT2D eigenvalue weighted by Gasteiger charge is 2.29. The molecule has 0 radical (unpaired) electrons. The molecule has 2 N–H and O–H groups in total. The van der Waals surface area contributed by atoms with Gasteiger partial charge in [0.05, 0.1) is 7.11 Å². The van der Waals surface area contributed by atoms with Gasteiger partial charge in [0.15, 0.2) is 0 Å². The van der Waals surface area contributed by atoms with Gasteiger partial charge in [-0.05, 0) is 52.9 Å². The highest BCUT2D eigenvalue weighted by molar-refractivity contribution is 5.37. The number of likely N-dealkylation sites (N-methyl/N-ethyl adjacent to an activating group) is 1. The second-order valence-electron chi connectivity index (χ2n) is 5.67. The highest BCUT2D eigenvalue weighted by Crippen LogP contribution is 2.24. The van der Waals surface area contributed by atoms with Gasteiger partial charge in [-0.2, -0.15) is 0 Å². The maximum Gasteiger partial charge on any atom is 0.122 e. The predicted molar refractivity (Wildman–Crippen MR) is 77.2 cm³/mol. The molecule has 1 aromatic rings. The van der Waals surface area contributed by atoms with Crippen molar-refractivity contribution in [2.45, 2.75) is 38.8 Å². The van der Waals surface area contributed by atoms with Crippen LogP contribution in [0.25, 0.3) is 0 Å². The lowest BCUT2D eigenvalue weighted by Gasteiger charge is -2.38. The SMILES string of the molecule is COc1ccc(C)cc1CC(N)C(C)(C)N(C)C. The lowest BCUT2D eigenvalue weighted by Crippen LogP contribution is -2.54. The van der Waals surface area contributed by atoms with E-state index in [0.29, 0.717) is 0 Å². The smallest absolute Gasteiger partial charge is 0.122 e. The van der Waals surface area contributed by atoms with Gasteiger partial charge in [-0.15, -0.1) is 0 Å². The number of nitrogens with zero attached hydrogens (tertiary/aromatic N) is 1.